The van der Waals surface area contributed by atoms with Crippen molar-refractivity contribution >= 4 is 31.5 Å². The van der Waals surface area contributed by atoms with Gasteiger partial charge in [0.2, 0.25) is 0 Å². The van der Waals surface area contributed by atoms with E-state index in [9.17, 15) is 0 Å². The summed E-state index contributed by atoms with van der Waals surface area (Å²) in [6.45, 7) is 0. The molecule has 0 fully saturated rings. The van der Waals surface area contributed by atoms with Crippen molar-refractivity contribution in [3.63, 3.8) is 0 Å². The zero-order valence-electron chi connectivity index (χ0n) is 34.4. The summed E-state index contributed by atoms with van der Waals surface area (Å²) < 4.78 is 45.1. The topological polar surface area (TPSA) is 38.7 Å². The summed E-state index contributed by atoms with van der Waals surface area (Å²) in [7, 11) is 0. The highest BCUT2D eigenvalue weighted by Gasteiger charge is 2.20. The van der Waals surface area contributed by atoms with Gasteiger partial charge in [0.1, 0.15) is 0 Å². The molecule has 0 aliphatic heterocycles. The fraction of sp³-hybridized carbons (Fsp3) is 0. The predicted octanol–water partition coefficient (Wildman–Crippen LogP) is 13.9. The van der Waals surface area contributed by atoms with Crippen molar-refractivity contribution in [1.82, 2.24) is 15.0 Å². The Bertz CT molecular complexity index is 3130. The molecule has 0 unspecified atom stereocenters. The number of hydrogen-bond acceptors (Lipinski definition) is 4. The van der Waals surface area contributed by atoms with Crippen molar-refractivity contribution in [1.29, 1.82) is 0 Å². The van der Waals surface area contributed by atoms with Gasteiger partial charge in [0.25, 0.3) is 0 Å². The zero-order valence-corrected chi connectivity index (χ0v) is 30.2. The second kappa shape index (κ2) is 14.1. The van der Waals surface area contributed by atoms with Gasteiger partial charge in [-0.05, 0) is 69.3 Å². The third kappa shape index (κ3) is 6.29. The molecule has 0 aliphatic carbocycles. The Kier molecular flexibility index (Phi) is 7.06. The molecular weight excluding hydrogens is 687 g/mol. The first kappa shape index (κ1) is 27.6. The molecule has 0 N–H and O–H groups in total. The number of rotatable bonds is 7. The third-order valence-corrected chi connectivity index (χ3v) is 11.0. The number of fused-ring (bicyclic) bond motifs is 3. The monoisotopic (exact) mass is 724 g/mol. The maximum absolute atomic E-state index is 8.99. The van der Waals surface area contributed by atoms with Crippen LogP contribution >= 0.6 is 11.3 Å². The van der Waals surface area contributed by atoms with Crippen LogP contribution in [0.4, 0.5) is 0 Å². The van der Waals surface area contributed by atoms with Crippen LogP contribution in [-0.2, 0) is 0 Å². The molecular formula is C51H33N3S. The van der Waals surface area contributed by atoms with Crippen LogP contribution in [0.25, 0.3) is 98.8 Å². The normalized spacial score (nSPS) is 12.5. The summed E-state index contributed by atoms with van der Waals surface area (Å²) in [5.74, 6) is 1.54. The van der Waals surface area contributed by atoms with E-state index in [1.54, 1.807) is 0 Å². The van der Waals surface area contributed by atoms with Gasteiger partial charge in [0.15, 0.2) is 17.5 Å². The predicted molar refractivity (Wildman–Crippen MR) is 231 cm³/mol. The lowest BCUT2D eigenvalue weighted by molar-refractivity contribution is 1.08. The second-order valence-corrected chi connectivity index (χ2v) is 14.3. The van der Waals surface area contributed by atoms with Crippen molar-refractivity contribution < 1.29 is 6.85 Å². The first-order chi connectivity index (χ1) is 29.3. The Morgan fingerprint density at radius 3 is 1.44 bits per heavy atom. The van der Waals surface area contributed by atoms with E-state index in [0.717, 1.165) is 70.2 Å². The van der Waals surface area contributed by atoms with E-state index >= 15 is 0 Å². The molecule has 0 saturated heterocycles. The number of hydrogen-bond donors (Lipinski definition) is 0. The number of thiophene rings is 1. The van der Waals surface area contributed by atoms with E-state index in [1.807, 2.05) is 115 Å². The summed E-state index contributed by atoms with van der Waals surface area (Å²) in [6, 6.07) is 55.3. The van der Waals surface area contributed by atoms with Gasteiger partial charge in [-0.15, -0.1) is 11.3 Å². The van der Waals surface area contributed by atoms with Gasteiger partial charge < -0.3 is 0 Å². The lowest BCUT2D eigenvalue weighted by Gasteiger charge is -2.12. The van der Waals surface area contributed by atoms with E-state index in [-0.39, 0.29) is 29.7 Å². The molecule has 4 heteroatoms. The lowest BCUT2D eigenvalue weighted by Crippen LogP contribution is -2.00. The summed E-state index contributed by atoms with van der Waals surface area (Å²) in [5, 5.41) is 1.78. The van der Waals surface area contributed by atoms with Crippen molar-refractivity contribution in [3.8, 4) is 78.7 Å². The van der Waals surface area contributed by atoms with Crippen LogP contribution in [-0.4, -0.2) is 15.0 Å². The molecule has 0 atom stereocenters. The van der Waals surface area contributed by atoms with Gasteiger partial charge >= 0.3 is 0 Å². The van der Waals surface area contributed by atoms with Crippen molar-refractivity contribution in [2.24, 2.45) is 0 Å². The highest BCUT2D eigenvalue weighted by Crippen LogP contribution is 2.46. The highest BCUT2D eigenvalue weighted by atomic mass is 32.1. The van der Waals surface area contributed by atoms with E-state index in [0.29, 0.717) is 23.0 Å². The Balaban J connectivity index is 1.25. The maximum Gasteiger partial charge on any atom is 0.164 e. The average Bonchev–Trinajstić information content (AvgIpc) is 3.70. The second-order valence-electron chi connectivity index (χ2n) is 13.2. The summed E-state index contributed by atoms with van der Waals surface area (Å²) in [6.07, 6.45) is 0. The molecule has 3 nitrogen and oxygen atoms in total. The Morgan fingerprint density at radius 1 is 0.364 bits per heavy atom. The smallest absolute Gasteiger partial charge is 0.164 e. The molecule has 0 aliphatic rings. The fourth-order valence-corrected chi connectivity index (χ4v) is 8.40. The largest absolute Gasteiger partial charge is 0.208 e. The average molecular weight is 725 g/mol. The van der Waals surface area contributed by atoms with Gasteiger partial charge in [-0.1, -0.05) is 170 Å². The van der Waals surface area contributed by atoms with Crippen LogP contribution in [0.3, 0.4) is 0 Å². The molecule has 0 saturated carbocycles. The number of nitrogens with zero attached hydrogens (tertiary/aromatic N) is 3. The van der Waals surface area contributed by atoms with Crippen molar-refractivity contribution in [3.05, 3.63) is 200 Å². The molecule has 55 heavy (non-hydrogen) atoms. The van der Waals surface area contributed by atoms with Crippen LogP contribution in [0.15, 0.2) is 200 Å². The SMILES string of the molecule is [2H]c1c([2H])c([2H])c(-c2cc(-c3ccccc3)cc3c2sc2cccc(-c4nc(-c5cccc(-c6ccccc6)c5)nc(-c5cccc(-c6ccccc6)c5)n4)c23)c([2H])c1[2H]. The van der Waals surface area contributed by atoms with Gasteiger partial charge in [-0.2, -0.15) is 0 Å². The molecule has 0 bridgehead atoms. The van der Waals surface area contributed by atoms with Gasteiger partial charge in [0, 0.05) is 42.4 Å². The molecule has 258 valence electrons. The first-order valence-electron chi connectivity index (χ1n) is 20.5. The minimum Gasteiger partial charge on any atom is -0.208 e. The quantitative estimate of drug-likeness (QED) is 0.164. The summed E-state index contributed by atoms with van der Waals surface area (Å²) in [4.78, 5) is 15.6. The third-order valence-electron chi connectivity index (χ3n) is 9.81. The van der Waals surface area contributed by atoms with Crippen LogP contribution in [0, 0.1) is 0 Å². The Hall–Kier alpha value is -7.01. The summed E-state index contributed by atoms with van der Waals surface area (Å²) >= 11 is 1.52. The minimum atomic E-state index is -0.423. The molecule has 10 aromatic rings. The Labute approximate surface area is 331 Å². The number of benzene rings is 8. The lowest BCUT2D eigenvalue weighted by atomic mass is 9.95. The first-order valence-corrected chi connectivity index (χ1v) is 18.8. The molecule has 2 heterocycles. The fourth-order valence-electron chi connectivity index (χ4n) is 7.17. The highest BCUT2D eigenvalue weighted by molar-refractivity contribution is 7.26. The molecule has 10 rings (SSSR count). The van der Waals surface area contributed by atoms with Gasteiger partial charge in [0.05, 0.1) is 6.85 Å². The van der Waals surface area contributed by atoms with E-state index in [4.69, 9.17) is 21.8 Å². The maximum atomic E-state index is 8.99. The van der Waals surface area contributed by atoms with Gasteiger partial charge in [-0.25, -0.2) is 15.0 Å². The minimum absolute atomic E-state index is 0.165. The Morgan fingerprint density at radius 2 is 0.855 bits per heavy atom. The van der Waals surface area contributed by atoms with Crippen LogP contribution in [0.1, 0.15) is 6.85 Å². The molecule has 0 spiro atoms. The van der Waals surface area contributed by atoms with Gasteiger partial charge in [-0.3, -0.25) is 0 Å². The van der Waals surface area contributed by atoms with Crippen molar-refractivity contribution in [2.75, 3.05) is 0 Å². The van der Waals surface area contributed by atoms with Crippen LogP contribution < -0.4 is 0 Å². The van der Waals surface area contributed by atoms with E-state index < -0.39 is 6.04 Å². The molecule has 0 radical (unpaired) electrons. The number of aromatic nitrogens is 3. The molecule has 8 aromatic carbocycles. The standard InChI is InChI=1S/C51H33N3S/c1-5-16-34(17-6-1)38-24-13-26-40(30-38)49-52-50(41-27-14-25-39(31-41)35-18-7-2-8-19-35)54-51(53-49)43-28-15-29-46-47(43)45-33-42(36-20-9-3-10-21-36)32-44(48(45)55-46)37-22-11-4-12-23-37/h1-33H/i4D,11D,12D,22D,23D. The summed E-state index contributed by atoms with van der Waals surface area (Å²) in [5.41, 5.74) is 9.27. The van der Waals surface area contributed by atoms with E-state index in [1.165, 1.54) is 11.3 Å². The van der Waals surface area contributed by atoms with E-state index in [2.05, 4.69) is 54.6 Å². The zero-order chi connectivity index (χ0) is 40.9. The molecule has 0 amide bonds. The molecule has 2 aromatic heterocycles. The van der Waals surface area contributed by atoms with Crippen LogP contribution in [0.5, 0.6) is 0 Å². The van der Waals surface area contributed by atoms with Crippen LogP contribution in [0.2, 0.25) is 0 Å². The van der Waals surface area contributed by atoms with Crippen molar-refractivity contribution in [2.45, 2.75) is 0 Å².